The Hall–Kier alpha value is -2.97. The standard InChI is InChI=1S/C24H16Cl3N3O3S/c25-15-1-6-18(7-2-15)28-22(31)13-33-20-10-5-17(27)11-14(20)12-21-23(32)30-24(34-21)29-19-8-3-16(26)4-9-19/h1-12H,13H2,(H,28,31)(H,29,30,32)/b21-12-. The third-order valence-electron chi connectivity index (χ3n) is 4.45. The van der Waals surface area contributed by atoms with Gasteiger partial charge in [-0.2, -0.15) is 0 Å². The van der Waals surface area contributed by atoms with Gasteiger partial charge in [-0.05, 0) is 84.6 Å². The number of amides is 2. The minimum Gasteiger partial charge on any atom is -0.483 e. The molecule has 0 radical (unpaired) electrons. The SMILES string of the molecule is O=C(COc1ccc(Cl)cc1/C=C1\SC(=Nc2ccc(Cl)cc2)NC1=O)Nc1ccc(Cl)cc1. The summed E-state index contributed by atoms with van der Waals surface area (Å²) in [5.74, 6) is -0.245. The Bertz CT molecular complexity index is 1290. The highest BCUT2D eigenvalue weighted by molar-refractivity contribution is 8.18. The van der Waals surface area contributed by atoms with Gasteiger partial charge in [0.15, 0.2) is 11.8 Å². The molecule has 172 valence electrons. The van der Waals surface area contributed by atoms with E-state index < -0.39 is 0 Å². The van der Waals surface area contributed by atoms with Gasteiger partial charge in [0.25, 0.3) is 11.8 Å². The van der Waals surface area contributed by atoms with Gasteiger partial charge in [0.2, 0.25) is 0 Å². The number of nitrogens with one attached hydrogen (secondary N) is 2. The molecule has 0 saturated carbocycles. The number of rotatable bonds is 6. The molecular formula is C24H16Cl3N3O3S. The maximum atomic E-state index is 12.5. The highest BCUT2D eigenvalue weighted by Gasteiger charge is 2.24. The highest BCUT2D eigenvalue weighted by atomic mass is 35.5. The second-order valence-electron chi connectivity index (χ2n) is 6.98. The summed E-state index contributed by atoms with van der Waals surface area (Å²) in [7, 11) is 0. The lowest BCUT2D eigenvalue weighted by Crippen LogP contribution is -2.20. The van der Waals surface area contributed by atoms with Gasteiger partial charge in [0, 0.05) is 26.3 Å². The normalized spacial score (nSPS) is 15.4. The number of ether oxygens (including phenoxy) is 1. The predicted octanol–water partition coefficient (Wildman–Crippen LogP) is 6.56. The van der Waals surface area contributed by atoms with Gasteiger partial charge < -0.3 is 15.4 Å². The third kappa shape index (κ3) is 6.55. The molecule has 0 spiro atoms. The number of amidine groups is 1. The Kier molecular flexibility index (Phi) is 7.80. The van der Waals surface area contributed by atoms with Gasteiger partial charge in [-0.15, -0.1) is 0 Å². The second-order valence-corrected chi connectivity index (χ2v) is 9.32. The summed E-state index contributed by atoms with van der Waals surface area (Å²) in [6.07, 6.45) is 1.64. The fraction of sp³-hybridized carbons (Fsp3) is 0.0417. The van der Waals surface area contributed by atoms with Crippen molar-refractivity contribution in [2.45, 2.75) is 0 Å². The Morgan fingerprint density at radius 1 is 0.971 bits per heavy atom. The van der Waals surface area contributed by atoms with Crippen LogP contribution in [0.1, 0.15) is 5.56 Å². The van der Waals surface area contributed by atoms with Gasteiger partial charge >= 0.3 is 0 Å². The van der Waals surface area contributed by atoms with Crippen molar-refractivity contribution in [3.63, 3.8) is 0 Å². The number of aliphatic imine (C=N–C) groups is 1. The van der Waals surface area contributed by atoms with Crippen LogP contribution < -0.4 is 15.4 Å². The molecule has 1 fully saturated rings. The fourth-order valence-electron chi connectivity index (χ4n) is 2.89. The van der Waals surface area contributed by atoms with Crippen molar-refractivity contribution < 1.29 is 14.3 Å². The van der Waals surface area contributed by atoms with Crippen LogP contribution in [-0.2, 0) is 9.59 Å². The van der Waals surface area contributed by atoms with E-state index in [-0.39, 0.29) is 18.4 Å². The van der Waals surface area contributed by atoms with Crippen LogP contribution in [-0.4, -0.2) is 23.6 Å². The monoisotopic (exact) mass is 531 g/mol. The lowest BCUT2D eigenvalue weighted by atomic mass is 10.2. The van der Waals surface area contributed by atoms with Crippen molar-refractivity contribution in [2.75, 3.05) is 11.9 Å². The van der Waals surface area contributed by atoms with Crippen LogP contribution in [0.4, 0.5) is 11.4 Å². The average molecular weight is 533 g/mol. The molecule has 6 nitrogen and oxygen atoms in total. The van der Waals surface area contributed by atoms with Gasteiger partial charge in [-0.3, -0.25) is 9.59 Å². The Balaban J connectivity index is 1.47. The Morgan fingerprint density at radius 2 is 1.62 bits per heavy atom. The molecule has 0 unspecified atom stereocenters. The lowest BCUT2D eigenvalue weighted by Gasteiger charge is -2.10. The van der Waals surface area contributed by atoms with E-state index in [0.29, 0.717) is 47.8 Å². The number of benzene rings is 3. The van der Waals surface area contributed by atoms with E-state index in [1.165, 1.54) is 11.8 Å². The smallest absolute Gasteiger partial charge is 0.264 e. The third-order valence-corrected chi connectivity index (χ3v) is 6.10. The summed E-state index contributed by atoms with van der Waals surface area (Å²) in [6.45, 7) is -0.233. The topological polar surface area (TPSA) is 79.8 Å². The number of carbonyl (C=O) groups excluding carboxylic acids is 2. The number of carbonyl (C=O) groups is 2. The van der Waals surface area contributed by atoms with Crippen molar-refractivity contribution >= 4 is 81.0 Å². The molecular weight excluding hydrogens is 517 g/mol. The molecule has 2 N–H and O–H groups in total. The lowest BCUT2D eigenvalue weighted by molar-refractivity contribution is -0.118. The quantitative estimate of drug-likeness (QED) is 0.353. The zero-order chi connectivity index (χ0) is 24.1. The molecule has 0 atom stereocenters. The van der Waals surface area contributed by atoms with E-state index in [1.807, 2.05) is 0 Å². The first-order chi connectivity index (χ1) is 16.4. The Morgan fingerprint density at radius 3 is 2.32 bits per heavy atom. The average Bonchev–Trinajstić information content (AvgIpc) is 3.15. The first kappa shape index (κ1) is 24.2. The molecule has 1 aliphatic rings. The van der Waals surface area contributed by atoms with Crippen LogP contribution in [0.15, 0.2) is 76.6 Å². The molecule has 4 rings (SSSR count). The largest absolute Gasteiger partial charge is 0.483 e. The van der Waals surface area contributed by atoms with E-state index in [1.54, 1.807) is 72.8 Å². The van der Waals surface area contributed by atoms with Crippen molar-refractivity contribution in [1.82, 2.24) is 5.32 Å². The van der Waals surface area contributed by atoms with Crippen LogP contribution in [0.25, 0.3) is 6.08 Å². The molecule has 3 aromatic carbocycles. The summed E-state index contributed by atoms with van der Waals surface area (Å²) in [6, 6.07) is 18.6. The number of anilines is 1. The van der Waals surface area contributed by atoms with Crippen LogP contribution in [0.3, 0.4) is 0 Å². The molecule has 3 aromatic rings. The molecule has 34 heavy (non-hydrogen) atoms. The molecule has 1 heterocycles. The first-order valence-electron chi connectivity index (χ1n) is 9.89. The van der Waals surface area contributed by atoms with E-state index in [0.717, 1.165) is 0 Å². The van der Waals surface area contributed by atoms with E-state index in [2.05, 4.69) is 15.6 Å². The minimum absolute atomic E-state index is 0.233. The molecule has 1 aliphatic heterocycles. The zero-order valence-corrected chi connectivity index (χ0v) is 20.4. The molecule has 0 aliphatic carbocycles. The summed E-state index contributed by atoms with van der Waals surface area (Å²) < 4.78 is 5.70. The summed E-state index contributed by atoms with van der Waals surface area (Å²) in [4.78, 5) is 29.6. The second kappa shape index (κ2) is 11.0. The van der Waals surface area contributed by atoms with Gasteiger partial charge in [-0.25, -0.2) is 4.99 Å². The Labute approximate surface area is 215 Å². The number of halogens is 3. The van der Waals surface area contributed by atoms with Crippen molar-refractivity contribution in [3.05, 3.63) is 92.3 Å². The highest BCUT2D eigenvalue weighted by Crippen LogP contribution is 2.32. The van der Waals surface area contributed by atoms with Gasteiger partial charge in [0.05, 0.1) is 10.6 Å². The molecule has 10 heteroatoms. The molecule has 2 amide bonds. The van der Waals surface area contributed by atoms with Crippen molar-refractivity contribution in [1.29, 1.82) is 0 Å². The molecule has 0 aromatic heterocycles. The number of hydrogen-bond donors (Lipinski definition) is 2. The molecule has 1 saturated heterocycles. The zero-order valence-electron chi connectivity index (χ0n) is 17.3. The van der Waals surface area contributed by atoms with Crippen molar-refractivity contribution in [2.24, 2.45) is 4.99 Å². The minimum atomic E-state index is -0.346. The number of hydrogen-bond acceptors (Lipinski definition) is 5. The van der Waals surface area contributed by atoms with E-state index in [9.17, 15) is 9.59 Å². The van der Waals surface area contributed by atoms with Crippen LogP contribution in [0.5, 0.6) is 5.75 Å². The maximum Gasteiger partial charge on any atom is 0.264 e. The van der Waals surface area contributed by atoms with Crippen molar-refractivity contribution in [3.8, 4) is 5.75 Å². The summed E-state index contributed by atoms with van der Waals surface area (Å²) in [5.41, 5.74) is 1.81. The summed E-state index contributed by atoms with van der Waals surface area (Å²) >= 11 is 19.1. The maximum absolute atomic E-state index is 12.5. The fourth-order valence-corrected chi connectivity index (χ4v) is 4.16. The van der Waals surface area contributed by atoms with Crippen LogP contribution in [0.2, 0.25) is 15.1 Å². The van der Waals surface area contributed by atoms with E-state index >= 15 is 0 Å². The summed E-state index contributed by atoms with van der Waals surface area (Å²) in [5, 5.41) is 7.52. The number of nitrogens with zero attached hydrogens (tertiary/aromatic N) is 1. The van der Waals surface area contributed by atoms with Crippen LogP contribution in [0, 0.1) is 0 Å². The van der Waals surface area contributed by atoms with Gasteiger partial charge in [0.1, 0.15) is 5.75 Å². The van der Waals surface area contributed by atoms with Gasteiger partial charge in [-0.1, -0.05) is 34.8 Å². The van der Waals surface area contributed by atoms with Crippen LogP contribution >= 0.6 is 46.6 Å². The number of thioether (sulfide) groups is 1. The first-order valence-corrected chi connectivity index (χ1v) is 11.8. The molecule has 0 bridgehead atoms. The van der Waals surface area contributed by atoms with E-state index in [4.69, 9.17) is 39.5 Å². The predicted molar refractivity (Wildman–Crippen MR) is 139 cm³/mol.